The summed E-state index contributed by atoms with van der Waals surface area (Å²) in [6.07, 6.45) is 8.49. The lowest BCUT2D eigenvalue weighted by atomic mass is 9.93. The number of benzene rings is 1. The molecular formula is C28H38N4O5. The fraction of sp³-hybridized carbons (Fsp3) is 0.571. The molecule has 200 valence electrons. The lowest BCUT2D eigenvalue weighted by Gasteiger charge is -2.26. The van der Waals surface area contributed by atoms with E-state index in [1.807, 2.05) is 24.4 Å². The molecule has 1 aliphatic carbocycles. The Morgan fingerprint density at radius 2 is 1.86 bits per heavy atom. The van der Waals surface area contributed by atoms with Gasteiger partial charge in [-0.2, -0.15) is 0 Å². The first kappa shape index (κ1) is 25.8. The first-order chi connectivity index (χ1) is 18.2. The topological polar surface area (TPSA) is 98.2 Å². The van der Waals surface area contributed by atoms with E-state index in [2.05, 4.69) is 15.2 Å². The van der Waals surface area contributed by atoms with Crippen LogP contribution >= 0.6 is 0 Å². The van der Waals surface area contributed by atoms with E-state index in [0.29, 0.717) is 54.6 Å². The molecule has 9 heteroatoms. The van der Waals surface area contributed by atoms with Gasteiger partial charge in [0.1, 0.15) is 5.75 Å². The highest BCUT2D eigenvalue weighted by atomic mass is 16.5. The Labute approximate surface area is 218 Å². The van der Waals surface area contributed by atoms with Crippen LogP contribution in [0.5, 0.6) is 17.2 Å². The number of hydrogen-bond acceptors (Lipinski definition) is 9. The molecule has 2 aromatic rings. The third-order valence-electron chi connectivity index (χ3n) is 7.11. The highest BCUT2D eigenvalue weighted by Gasteiger charge is 2.25. The number of ether oxygens (including phenoxy) is 5. The number of aromatic nitrogens is 1. The Balaban J connectivity index is 1.31. The molecule has 0 spiro atoms. The average molecular weight is 511 g/mol. The van der Waals surface area contributed by atoms with Crippen LogP contribution in [0.2, 0.25) is 0 Å². The summed E-state index contributed by atoms with van der Waals surface area (Å²) in [6.45, 7) is 6.50. The molecular weight excluding hydrogens is 472 g/mol. The number of rotatable bonds is 12. The van der Waals surface area contributed by atoms with Gasteiger partial charge in [0, 0.05) is 68.7 Å². The van der Waals surface area contributed by atoms with Crippen LogP contribution in [-0.4, -0.2) is 81.4 Å². The van der Waals surface area contributed by atoms with E-state index in [9.17, 15) is 0 Å². The smallest absolute Gasteiger partial charge is 0.164 e. The number of pyridine rings is 1. The number of hydrogen-bond donors (Lipinski definition) is 2. The molecule has 9 nitrogen and oxygen atoms in total. The van der Waals surface area contributed by atoms with Gasteiger partial charge in [-0.25, -0.2) is 0 Å². The molecule has 1 aromatic heterocycles. The lowest BCUT2D eigenvalue weighted by molar-refractivity contribution is 0.0357. The van der Waals surface area contributed by atoms with Crippen LogP contribution in [0.25, 0.3) is 10.9 Å². The second kappa shape index (κ2) is 12.6. The van der Waals surface area contributed by atoms with Crippen LogP contribution in [0.1, 0.15) is 32.1 Å². The van der Waals surface area contributed by atoms with E-state index in [1.165, 1.54) is 0 Å². The minimum Gasteiger partial charge on any atom is -0.493 e. The Morgan fingerprint density at radius 1 is 1.08 bits per heavy atom. The third kappa shape index (κ3) is 6.91. The predicted molar refractivity (Wildman–Crippen MR) is 142 cm³/mol. The van der Waals surface area contributed by atoms with E-state index < -0.39 is 0 Å². The van der Waals surface area contributed by atoms with Crippen molar-refractivity contribution in [2.75, 3.05) is 59.8 Å². The maximum Gasteiger partial charge on any atom is 0.164 e. The maximum atomic E-state index is 8.88. The summed E-state index contributed by atoms with van der Waals surface area (Å²) in [5, 5.41) is 13.1. The summed E-state index contributed by atoms with van der Waals surface area (Å²) < 4.78 is 29.1. The fourth-order valence-corrected chi connectivity index (χ4v) is 4.70. The highest BCUT2D eigenvalue weighted by Crippen LogP contribution is 2.36. The molecule has 1 aromatic carbocycles. The van der Waals surface area contributed by atoms with Gasteiger partial charge in [-0.1, -0.05) is 0 Å². The van der Waals surface area contributed by atoms with Gasteiger partial charge >= 0.3 is 0 Å². The second-order valence-electron chi connectivity index (χ2n) is 9.84. The van der Waals surface area contributed by atoms with Crippen LogP contribution in [0.15, 0.2) is 36.4 Å². The molecule has 3 fully saturated rings. The van der Waals surface area contributed by atoms with E-state index in [0.717, 1.165) is 75.9 Å². The lowest BCUT2D eigenvalue weighted by Crippen LogP contribution is -2.37. The summed E-state index contributed by atoms with van der Waals surface area (Å²) in [6, 6.07) is 6.13. The van der Waals surface area contributed by atoms with Crippen molar-refractivity contribution < 1.29 is 23.7 Å². The average Bonchev–Trinajstić information content (AvgIpc) is 3.78. The van der Waals surface area contributed by atoms with Crippen LogP contribution in [0.4, 0.5) is 0 Å². The van der Waals surface area contributed by atoms with Crippen molar-refractivity contribution in [3.05, 3.63) is 36.4 Å². The normalized spacial score (nSPS) is 19.5. The Hall–Kier alpha value is -2.88. The summed E-state index contributed by atoms with van der Waals surface area (Å²) in [5.41, 5.74) is 1.27. The summed E-state index contributed by atoms with van der Waals surface area (Å²) >= 11 is 0. The molecule has 37 heavy (non-hydrogen) atoms. The van der Waals surface area contributed by atoms with Crippen LogP contribution in [0.3, 0.4) is 0 Å². The Morgan fingerprint density at radius 3 is 2.62 bits per heavy atom. The van der Waals surface area contributed by atoms with Crippen molar-refractivity contribution >= 4 is 16.6 Å². The van der Waals surface area contributed by atoms with Gasteiger partial charge in [-0.3, -0.25) is 9.88 Å². The fourth-order valence-electron chi connectivity index (χ4n) is 4.70. The van der Waals surface area contributed by atoms with Crippen molar-refractivity contribution in [3.8, 4) is 17.2 Å². The van der Waals surface area contributed by atoms with Crippen molar-refractivity contribution in [1.29, 1.82) is 5.41 Å². The Kier molecular flexibility index (Phi) is 8.76. The number of morpholine rings is 1. The highest BCUT2D eigenvalue weighted by molar-refractivity contribution is 5.99. The quantitative estimate of drug-likeness (QED) is 0.253. The molecule has 3 aliphatic rings. The summed E-state index contributed by atoms with van der Waals surface area (Å²) in [7, 11) is 1.64. The van der Waals surface area contributed by atoms with Crippen molar-refractivity contribution in [2.24, 2.45) is 5.92 Å². The Bertz CT molecular complexity index is 1090. The first-order valence-corrected chi connectivity index (χ1v) is 13.4. The van der Waals surface area contributed by atoms with Gasteiger partial charge in [-0.15, -0.1) is 0 Å². The van der Waals surface area contributed by atoms with E-state index >= 15 is 0 Å². The second-order valence-corrected chi connectivity index (χ2v) is 9.84. The van der Waals surface area contributed by atoms with E-state index in [4.69, 9.17) is 29.1 Å². The van der Waals surface area contributed by atoms with Gasteiger partial charge in [0.05, 0.1) is 38.2 Å². The zero-order valence-electron chi connectivity index (χ0n) is 21.7. The standard InChI is InChI=1S/C28H38N4O5/c1-33-25-17-22-23(18-26(25)36-12-2-9-32-10-15-35-16-11-32)30-8-5-24(22)37-27(19-31-21-3-4-21)28(29)20-6-13-34-14-7-20/h5,8,17-21,29,31H,2-4,6-7,9-16H2,1H3/b27-19+,29-28?. The van der Waals surface area contributed by atoms with Gasteiger partial charge in [0.25, 0.3) is 0 Å². The number of nitrogens with zero attached hydrogens (tertiary/aromatic N) is 2. The zero-order chi connectivity index (χ0) is 25.5. The van der Waals surface area contributed by atoms with Gasteiger partial charge in [0.2, 0.25) is 0 Å². The minimum atomic E-state index is 0.126. The molecule has 2 saturated heterocycles. The van der Waals surface area contributed by atoms with Crippen LogP contribution in [0, 0.1) is 11.3 Å². The predicted octanol–water partition coefficient (Wildman–Crippen LogP) is 3.76. The molecule has 1 saturated carbocycles. The maximum absolute atomic E-state index is 8.88. The van der Waals surface area contributed by atoms with Gasteiger partial charge in [0.15, 0.2) is 17.3 Å². The summed E-state index contributed by atoms with van der Waals surface area (Å²) in [5.74, 6) is 2.62. The molecule has 0 amide bonds. The number of methoxy groups -OCH3 is 1. The van der Waals surface area contributed by atoms with Gasteiger partial charge < -0.3 is 34.4 Å². The van der Waals surface area contributed by atoms with Gasteiger partial charge in [-0.05, 0) is 44.2 Å². The van der Waals surface area contributed by atoms with Crippen molar-refractivity contribution in [1.82, 2.24) is 15.2 Å². The number of nitrogens with one attached hydrogen (secondary N) is 2. The molecule has 0 radical (unpaired) electrons. The van der Waals surface area contributed by atoms with Crippen molar-refractivity contribution in [3.63, 3.8) is 0 Å². The SMILES string of the molecule is COc1cc2c(O/C(=C/NC3CC3)C(=N)C3CCOCC3)ccnc2cc1OCCCN1CCOCC1. The van der Waals surface area contributed by atoms with E-state index in [-0.39, 0.29) is 5.92 Å². The monoisotopic (exact) mass is 510 g/mol. The van der Waals surface area contributed by atoms with Crippen LogP contribution in [-0.2, 0) is 9.47 Å². The van der Waals surface area contributed by atoms with E-state index in [1.54, 1.807) is 13.3 Å². The molecule has 0 unspecified atom stereocenters. The van der Waals surface area contributed by atoms with Crippen LogP contribution < -0.4 is 19.5 Å². The number of fused-ring (bicyclic) bond motifs is 1. The molecule has 2 N–H and O–H groups in total. The molecule has 0 atom stereocenters. The molecule has 2 aliphatic heterocycles. The zero-order valence-corrected chi connectivity index (χ0v) is 21.7. The first-order valence-electron chi connectivity index (χ1n) is 13.4. The summed E-state index contributed by atoms with van der Waals surface area (Å²) in [4.78, 5) is 6.96. The largest absolute Gasteiger partial charge is 0.493 e. The molecule has 5 rings (SSSR count). The minimum absolute atomic E-state index is 0.126. The third-order valence-corrected chi connectivity index (χ3v) is 7.11. The number of allylic oxidation sites excluding steroid dienone is 1. The van der Waals surface area contributed by atoms with Crippen molar-refractivity contribution in [2.45, 2.75) is 38.1 Å². The molecule has 3 heterocycles. The molecule has 0 bridgehead atoms.